The number of benzene rings is 3. The van der Waals surface area contributed by atoms with Crippen LogP contribution in [0.25, 0.3) is 0 Å². The number of anilines is 1. The molecule has 0 radical (unpaired) electrons. The molecular weight excluding hydrogens is 391 g/mol. The van der Waals surface area contributed by atoms with Crippen molar-refractivity contribution in [2.75, 3.05) is 11.4 Å². The van der Waals surface area contributed by atoms with E-state index >= 15 is 0 Å². The lowest BCUT2D eigenvalue weighted by Gasteiger charge is -2.23. The van der Waals surface area contributed by atoms with Gasteiger partial charge in [0.1, 0.15) is 5.82 Å². The van der Waals surface area contributed by atoms with Crippen molar-refractivity contribution in [3.8, 4) is 0 Å². The summed E-state index contributed by atoms with van der Waals surface area (Å²) in [4.78, 5) is 26.4. The molecule has 3 aromatic rings. The van der Waals surface area contributed by atoms with Crippen LogP contribution in [0.4, 0.5) is 10.1 Å². The van der Waals surface area contributed by atoms with Crippen molar-refractivity contribution in [2.24, 2.45) is 0 Å². The third kappa shape index (κ3) is 6.78. The maximum atomic E-state index is 13.2. The Hall–Kier alpha value is -3.47. The average molecular weight is 419 g/mol. The van der Waals surface area contributed by atoms with Gasteiger partial charge in [0.25, 0.3) is 0 Å². The first kappa shape index (κ1) is 22.2. The zero-order valence-corrected chi connectivity index (χ0v) is 17.7. The topological polar surface area (TPSA) is 49.4 Å². The van der Waals surface area contributed by atoms with Gasteiger partial charge in [-0.05, 0) is 47.4 Å². The molecule has 0 saturated carbocycles. The molecule has 0 aliphatic carbocycles. The molecule has 4 nitrogen and oxygen atoms in total. The molecule has 3 aromatic carbocycles. The summed E-state index contributed by atoms with van der Waals surface area (Å²) in [6.45, 7) is 2.78. The summed E-state index contributed by atoms with van der Waals surface area (Å²) < 4.78 is 13.2. The second kappa shape index (κ2) is 11.1. The number of amides is 2. The molecule has 5 heteroatoms. The zero-order chi connectivity index (χ0) is 22.1. The fourth-order valence-corrected chi connectivity index (χ4v) is 3.32. The molecule has 0 atom stereocenters. The van der Waals surface area contributed by atoms with Crippen molar-refractivity contribution in [3.05, 3.63) is 101 Å². The van der Waals surface area contributed by atoms with Gasteiger partial charge in [-0.25, -0.2) is 4.39 Å². The first-order chi connectivity index (χ1) is 15.0. The largest absolute Gasteiger partial charge is 0.355 e. The van der Waals surface area contributed by atoms with Gasteiger partial charge in [0.05, 0.1) is 13.0 Å². The first-order valence-corrected chi connectivity index (χ1v) is 10.5. The Morgan fingerprint density at radius 1 is 0.839 bits per heavy atom. The Labute approximate surface area is 182 Å². The Kier molecular flexibility index (Phi) is 7.93. The predicted molar refractivity (Wildman–Crippen MR) is 121 cm³/mol. The molecule has 31 heavy (non-hydrogen) atoms. The molecule has 0 unspecified atom stereocenters. The molecule has 3 rings (SSSR count). The van der Waals surface area contributed by atoms with Crippen molar-refractivity contribution < 1.29 is 14.0 Å². The number of carbonyl (C=O) groups is 2. The standard InChI is InChI=1S/C26H27FN2O2/c1-2-26(31)29(19-22-8-12-23(27)13-9-22)24-14-10-21(11-15-24)18-25(30)28-17-16-20-6-4-3-5-7-20/h3-15H,2,16-19H2,1H3,(H,28,30). The minimum Gasteiger partial charge on any atom is -0.355 e. The zero-order valence-electron chi connectivity index (χ0n) is 17.7. The molecule has 0 saturated heterocycles. The van der Waals surface area contributed by atoms with Crippen molar-refractivity contribution in [1.29, 1.82) is 0 Å². The second-order valence-corrected chi connectivity index (χ2v) is 7.39. The van der Waals surface area contributed by atoms with Crippen LogP contribution in [0.1, 0.15) is 30.0 Å². The maximum absolute atomic E-state index is 13.2. The Morgan fingerprint density at radius 3 is 2.13 bits per heavy atom. The molecule has 160 valence electrons. The lowest BCUT2D eigenvalue weighted by Crippen LogP contribution is -2.29. The second-order valence-electron chi connectivity index (χ2n) is 7.39. The average Bonchev–Trinajstić information content (AvgIpc) is 2.79. The van der Waals surface area contributed by atoms with Gasteiger partial charge in [0.15, 0.2) is 0 Å². The highest BCUT2D eigenvalue weighted by atomic mass is 19.1. The molecule has 0 aromatic heterocycles. The highest BCUT2D eigenvalue weighted by Crippen LogP contribution is 2.20. The van der Waals surface area contributed by atoms with Gasteiger partial charge in [-0.3, -0.25) is 9.59 Å². The lowest BCUT2D eigenvalue weighted by molar-refractivity contribution is -0.120. The van der Waals surface area contributed by atoms with E-state index in [-0.39, 0.29) is 24.1 Å². The molecule has 2 amide bonds. The van der Waals surface area contributed by atoms with Crippen LogP contribution in [0.5, 0.6) is 0 Å². The maximum Gasteiger partial charge on any atom is 0.227 e. The van der Waals surface area contributed by atoms with Crippen LogP contribution >= 0.6 is 0 Å². The fraction of sp³-hybridized carbons (Fsp3) is 0.231. The minimum atomic E-state index is -0.302. The van der Waals surface area contributed by atoms with Crippen LogP contribution in [-0.4, -0.2) is 18.4 Å². The van der Waals surface area contributed by atoms with E-state index in [0.29, 0.717) is 19.5 Å². The molecule has 0 aliphatic heterocycles. The smallest absolute Gasteiger partial charge is 0.227 e. The van der Waals surface area contributed by atoms with E-state index in [0.717, 1.165) is 23.2 Å². The van der Waals surface area contributed by atoms with Gasteiger partial charge >= 0.3 is 0 Å². The summed E-state index contributed by atoms with van der Waals surface area (Å²) in [5.41, 5.74) is 3.68. The van der Waals surface area contributed by atoms with E-state index in [4.69, 9.17) is 0 Å². The van der Waals surface area contributed by atoms with E-state index in [1.54, 1.807) is 17.0 Å². The molecule has 0 bridgehead atoms. The van der Waals surface area contributed by atoms with Crippen molar-refractivity contribution in [2.45, 2.75) is 32.7 Å². The Bertz CT molecular complexity index is 986. The third-order valence-electron chi connectivity index (χ3n) is 5.05. The van der Waals surface area contributed by atoms with Crippen molar-refractivity contribution in [1.82, 2.24) is 5.32 Å². The monoisotopic (exact) mass is 418 g/mol. The first-order valence-electron chi connectivity index (χ1n) is 10.5. The number of rotatable bonds is 9. The van der Waals surface area contributed by atoms with Gasteiger partial charge in [-0.1, -0.05) is 61.5 Å². The highest BCUT2D eigenvalue weighted by Gasteiger charge is 2.15. The summed E-state index contributed by atoms with van der Waals surface area (Å²) in [6.07, 6.45) is 1.45. The number of hydrogen-bond donors (Lipinski definition) is 1. The molecule has 0 heterocycles. The number of halogens is 1. The van der Waals surface area contributed by atoms with Crippen LogP contribution < -0.4 is 10.2 Å². The van der Waals surface area contributed by atoms with E-state index in [9.17, 15) is 14.0 Å². The summed E-state index contributed by atoms with van der Waals surface area (Å²) >= 11 is 0. The van der Waals surface area contributed by atoms with Gasteiger partial charge in [0.2, 0.25) is 11.8 Å². The van der Waals surface area contributed by atoms with Gasteiger partial charge in [-0.2, -0.15) is 0 Å². The van der Waals surface area contributed by atoms with Crippen LogP contribution in [0, 0.1) is 5.82 Å². The van der Waals surface area contributed by atoms with Crippen molar-refractivity contribution >= 4 is 17.5 Å². The van der Waals surface area contributed by atoms with Crippen LogP contribution in [0.15, 0.2) is 78.9 Å². The third-order valence-corrected chi connectivity index (χ3v) is 5.05. The van der Waals surface area contributed by atoms with Gasteiger partial charge in [-0.15, -0.1) is 0 Å². The quantitative estimate of drug-likeness (QED) is 0.549. The highest BCUT2D eigenvalue weighted by molar-refractivity contribution is 5.93. The molecular formula is C26H27FN2O2. The summed E-state index contributed by atoms with van der Waals surface area (Å²) in [5.74, 6) is -0.351. The van der Waals surface area contributed by atoms with Crippen LogP contribution in [0.3, 0.4) is 0 Å². The summed E-state index contributed by atoms with van der Waals surface area (Å²) in [7, 11) is 0. The summed E-state index contributed by atoms with van der Waals surface area (Å²) in [6, 6.07) is 23.6. The number of hydrogen-bond acceptors (Lipinski definition) is 2. The van der Waals surface area contributed by atoms with Crippen molar-refractivity contribution in [3.63, 3.8) is 0 Å². The van der Waals surface area contributed by atoms with Gasteiger partial charge in [0, 0.05) is 18.7 Å². The van der Waals surface area contributed by atoms with E-state index in [1.165, 1.54) is 17.7 Å². The number of carbonyl (C=O) groups excluding carboxylic acids is 2. The van der Waals surface area contributed by atoms with E-state index in [2.05, 4.69) is 5.32 Å². The normalized spacial score (nSPS) is 10.5. The van der Waals surface area contributed by atoms with E-state index < -0.39 is 0 Å². The molecule has 0 spiro atoms. The Balaban J connectivity index is 1.57. The fourth-order valence-electron chi connectivity index (χ4n) is 3.32. The SMILES string of the molecule is CCC(=O)N(Cc1ccc(F)cc1)c1ccc(CC(=O)NCCc2ccccc2)cc1. The molecule has 0 fully saturated rings. The van der Waals surface area contributed by atoms with E-state index in [1.807, 2.05) is 61.5 Å². The van der Waals surface area contributed by atoms with Gasteiger partial charge < -0.3 is 10.2 Å². The minimum absolute atomic E-state index is 0.0178. The molecule has 1 N–H and O–H groups in total. The molecule has 0 aliphatic rings. The predicted octanol–water partition coefficient (Wildman–Crippen LogP) is 4.67. The van der Waals surface area contributed by atoms with Crippen LogP contribution in [-0.2, 0) is 29.0 Å². The summed E-state index contributed by atoms with van der Waals surface area (Å²) in [5, 5.41) is 2.95. The lowest BCUT2D eigenvalue weighted by atomic mass is 10.1. The Morgan fingerprint density at radius 2 is 1.48 bits per heavy atom. The number of nitrogens with one attached hydrogen (secondary N) is 1. The number of nitrogens with zero attached hydrogens (tertiary/aromatic N) is 1. The van der Waals surface area contributed by atoms with Crippen LogP contribution in [0.2, 0.25) is 0 Å².